The highest BCUT2D eigenvalue weighted by molar-refractivity contribution is 5.85. The Kier molecular flexibility index (Phi) is 10.1. The highest BCUT2D eigenvalue weighted by Crippen LogP contribution is 2.06. The van der Waals surface area contributed by atoms with Crippen LogP contribution >= 0.6 is 12.4 Å². The fourth-order valence-corrected chi connectivity index (χ4v) is 1.62. The number of carbonyl (C=O) groups excluding carboxylic acids is 1. The zero-order valence-electron chi connectivity index (χ0n) is 12.2. The lowest BCUT2D eigenvalue weighted by Crippen LogP contribution is -2.25. The molecule has 0 saturated heterocycles. The number of rotatable bonds is 8. The predicted molar refractivity (Wildman–Crippen MR) is 83.8 cm³/mol. The van der Waals surface area contributed by atoms with Gasteiger partial charge in [0.05, 0.1) is 6.61 Å². The van der Waals surface area contributed by atoms with E-state index < -0.39 is 0 Å². The van der Waals surface area contributed by atoms with Gasteiger partial charge in [-0.3, -0.25) is 4.79 Å². The summed E-state index contributed by atoms with van der Waals surface area (Å²) in [6.45, 7) is 5.80. The lowest BCUT2D eigenvalue weighted by atomic mass is 10.1. The van der Waals surface area contributed by atoms with Gasteiger partial charge in [0.25, 0.3) is 0 Å². The first kappa shape index (κ1) is 18.9. The Morgan fingerprint density at radius 1 is 1.30 bits per heavy atom. The average Bonchev–Trinajstić information content (AvgIpc) is 2.41. The van der Waals surface area contributed by atoms with Crippen LogP contribution in [0.1, 0.15) is 37.8 Å². The summed E-state index contributed by atoms with van der Waals surface area (Å²) in [7, 11) is 0. The first-order valence-electron chi connectivity index (χ1n) is 6.79. The van der Waals surface area contributed by atoms with Crippen LogP contribution in [0.2, 0.25) is 0 Å². The molecule has 0 radical (unpaired) electrons. The second-order valence-electron chi connectivity index (χ2n) is 4.75. The number of halogens is 1. The Morgan fingerprint density at radius 2 is 1.90 bits per heavy atom. The molecule has 0 aromatic heterocycles. The minimum absolute atomic E-state index is 0. The first-order valence-corrected chi connectivity index (χ1v) is 6.79. The number of benzene rings is 1. The minimum atomic E-state index is 0. The number of ether oxygens (including phenoxy) is 1. The molecule has 5 heteroatoms. The molecule has 4 nitrogen and oxygen atoms in total. The second-order valence-corrected chi connectivity index (χ2v) is 4.75. The molecule has 0 spiro atoms. The number of nitrogens with one attached hydrogen (secondary N) is 1. The largest absolute Gasteiger partial charge is 0.377 e. The molecule has 0 aliphatic heterocycles. The summed E-state index contributed by atoms with van der Waals surface area (Å²) in [5.74, 6) is 0.0516. The van der Waals surface area contributed by atoms with Crippen molar-refractivity contribution in [3.05, 3.63) is 35.4 Å². The highest BCUT2D eigenvalue weighted by Gasteiger charge is 2.03. The average molecular weight is 301 g/mol. The van der Waals surface area contributed by atoms with Crippen LogP contribution < -0.4 is 11.1 Å². The van der Waals surface area contributed by atoms with Crippen molar-refractivity contribution >= 4 is 18.3 Å². The first-order chi connectivity index (χ1) is 9.11. The molecule has 1 atom stereocenters. The summed E-state index contributed by atoms with van der Waals surface area (Å²) in [6.07, 6.45) is 1.21. The Hall–Kier alpha value is -1.10. The van der Waals surface area contributed by atoms with Crippen LogP contribution in [0.4, 0.5) is 0 Å². The SMILES string of the molecule is CCOCc1ccc(CNC(=O)CCC(C)N)cc1.Cl. The van der Waals surface area contributed by atoms with E-state index in [1.165, 1.54) is 0 Å². The van der Waals surface area contributed by atoms with Crippen LogP contribution in [0.3, 0.4) is 0 Å². The molecule has 0 heterocycles. The lowest BCUT2D eigenvalue weighted by Gasteiger charge is -2.08. The summed E-state index contributed by atoms with van der Waals surface area (Å²) in [5.41, 5.74) is 7.85. The van der Waals surface area contributed by atoms with Gasteiger partial charge in [0.15, 0.2) is 0 Å². The van der Waals surface area contributed by atoms with E-state index in [9.17, 15) is 4.79 Å². The molecule has 20 heavy (non-hydrogen) atoms. The molecule has 3 N–H and O–H groups in total. The van der Waals surface area contributed by atoms with Crippen molar-refractivity contribution in [2.45, 2.75) is 45.9 Å². The molecule has 114 valence electrons. The Labute approximate surface area is 127 Å². The molecule has 0 aliphatic rings. The van der Waals surface area contributed by atoms with E-state index in [-0.39, 0.29) is 24.4 Å². The van der Waals surface area contributed by atoms with Gasteiger partial charge >= 0.3 is 0 Å². The molecule has 1 unspecified atom stereocenters. The number of hydrogen-bond acceptors (Lipinski definition) is 3. The van der Waals surface area contributed by atoms with E-state index in [1.54, 1.807) is 0 Å². The summed E-state index contributed by atoms with van der Waals surface area (Å²) < 4.78 is 5.33. The zero-order valence-corrected chi connectivity index (χ0v) is 13.0. The van der Waals surface area contributed by atoms with Gasteiger partial charge in [-0.25, -0.2) is 0 Å². The van der Waals surface area contributed by atoms with Crippen LogP contribution in [0.15, 0.2) is 24.3 Å². The number of hydrogen-bond donors (Lipinski definition) is 2. The third kappa shape index (κ3) is 8.15. The topological polar surface area (TPSA) is 64.3 Å². The fourth-order valence-electron chi connectivity index (χ4n) is 1.62. The van der Waals surface area contributed by atoms with Gasteiger partial charge in [0, 0.05) is 25.6 Å². The Bertz CT molecular complexity index is 380. The van der Waals surface area contributed by atoms with E-state index in [0.29, 0.717) is 19.6 Å². The molecular formula is C15H25ClN2O2. The quantitative estimate of drug-likeness (QED) is 0.775. The molecule has 1 amide bonds. The van der Waals surface area contributed by atoms with Gasteiger partial charge in [-0.05, 0) is 31.4 Å². The van der Waals surface area contributed by atoms with E-state index in [4.69, 9.17) is 10.5 Å². The van der Waals surface area contributed by atoms with Gasteiger partial charge in [-0.1, -0.05) is 24.3 Å². The van der Waals surface area contributed by atoms with E-state index in [2.05, 4.69) is 5.32 Å². The van der Waals surface area contributed by atoms with Gasteiger partial charge in [-0.2, -0.15) is 0 Å². The van der Waals surface area contributed by atoms with Crippen LogP contribution in [0.25, 0.3) is 0 Å². The van der Waals surface area contributed by atoms with Crippen molar-refractivity contribution in [2.24, 2.45) is 5.73 Å². The molecule has 0 aliphatic carbocycles. The fraction of sp³-hybridized carbons (Fsp3) is 0.533. The number of nitrogens with two attached hydrogens (primary N) is 1. The van der Waals surface area contributed by atoms with Crippen LogP contribution in [-0.4, -0.2) is 18.6 Å². The third-order valence-electron chi connectivity index (χ3n) is 2.81. The Morgan fingerprint density at radius 3 is 2.45 bits per heavy atom. The maximum absolute atomic E-state index is 11.5. The van der Waals surface area contributed by atoms with Crippen LogP contribution in [0, 0.1) is 0 Å². The van der Waals surface area contributed by atoms with Crippen molar-refractivity contribution < 1.29 is 9.53 Å². The lowest BCUT2D eigenvalue weighted by molar-refractivity contribution is -0.121. The van der Waals surface area contributed by atoms with E-state index in [1.807, 2.05) is 38.1 Å². The van der Waals surface area contributed by atoms with Gasteiger partial charge in [0.1, 0.15) is 0 Å². The van der Waals surface area contributed by atoms with Crippen molar-refractivity contribution in [3.63, 3.8) is 0 Å². The van der Waals surface area contributed by atoms with E-state index in [0.717, 1.165) is 24.2 Å². The van der Waals surface area contributed by atoms with Crippen molar-refractivity contribution in [1.29, 1.82) is 0 Å². The summed E-state index contributed by atoms with van der Waals surface area (Å²) in [4.78, 5) is 11.5. The molecule has 1 rings (SSSR count). The molecule has 0 saturated carbocycles. The van der Waals surface area contributed by atoms with Crippen LogP contribution in [-0.2, 0) is 22.7 Å². The molecule has 1 aromatic rings. The monoisotopic (exact) mass is 300 g/mol. The number of amides is 1. The summed E-state index contributed by atoms with van der Waals surface area (Å²) >= 11 is 0. The molecule has 0 fully saturated rings. The van der Waals surface area contributed by atoms with Gasteiger partial charge < -0.3 is 15.8 Å². The van der Waals surface area contributed by atoms with Gasteiger partial charge in [-0.15, -0.1) is 12.4 Å². The van der Waals surface area contributed by atoms with Crippen LogP contribution in [0.5, 0.6) is 0 Å². The van der Waals surface area contributed by atoms with Crippen molar-refractivity contribution in [1.82, 2.24) is 5.32 Å². The van der Waals surface area contributed by atoms with Crippen molar-refractivity contribution in [2.75, 3.05) is 6.61 Å². The number of carbonyl (C=O) groups is 1. The van der Waals surface area contributed by atoms with E-state index >= 15 is 0 Å². The summed E-state index contributed by atoms with van der Waals surface area (Å²) in [6, 6.07) is 8.15. The molecule has 0 bridgehead atoms. The summed E-state index contributed by atoms with van der Waals surface area (Å²) in [5, 5.41) is 2.89. The normalized spacial score (nSPS) is 11.6. The zero-order chi connectivity index (χ0) is 14.1. The maximum Gasteiger partial charge on any atom is 0.220 e. The molecular weight excluding hydrogens is 276 g/mol. The minimum Gasteiger partial charge on any atom is -0.377 e. The highest BCUT2D eigenvalue weighted by atomic mass is 35.5. The predicted octanol–water partition coefficient (Wildman–Crippen LogP) is 2.39. The standard InChI is InChI=1S/C15H24N2O2.ClH/c1-3-19-11-14-7-5-13(6-8-14)10-17-15(18)9-4-12(2)16;/h5-8,12H,3-4,9-11,16H2,1-2H3,(H,17,18);1H. The maximum atomic E-state index is 11.5. The molecule has 1 aromatic carbocycles. The Balaban J connectivity index is 0.00000361. The van der Waals surface area contributed by atoms with Gasteiger partial charge in [0.2, 0.25) is 5.91 Å². The smallest absolute Gasteiger partial charge is 0.220 e. The second kappa shape index (κ2) is 10.7. The van der Waals surface area contributed by atoms with Crippen molar-refractivity contribution in [3.8, 4) is 0 Å². The third-order valence-corrected chi connectivity index (χ3v) is 2.81.